The molecule has 2 rings (SSSR count). The fourth-order valence-corrected chi connectivity index (χ4v) is 2.69. The van der Waals surface area contributed by atoms with Gasteiger partial charge in [0.2, 0.25) is 0 Å². The zero-order valence-corrected chi connectivity index (χ0v) is 14.2. The van der Waals surface area contributed by atoms with E-state index in [-0.39, 0.29) is 5.41 Å². The Morgan fingerprint density at radius 1 is 1.36 bits per heavy atom. The molecule has 1 saturated carbocycles. The molecule has 0 saturated heterocycles. The molecule has 2 N–H and O–H groups in total. The van der Waals surface area contributed by atoms with Gasteiger partial charge in [0.05, 0.1) is 6.54 Å². The van der Waals surface area contributed by atoms with Crippen LogP contribution in [0, 0.1) is 0 Å². The fraction of sp³-hybridized carbons (Fsp3) is 0.588. The zero-order chi connectivity index (χ0) is 15.8. The van der Waals surface area contributed by atoms with Crippen molar-refractivity contribution in [1.82, 2.24) is 10.6 Å². The van der Waals surface area contributed by atoms with Gasteiger partial charge in [-0.25, -0.2) is 0 Å². The summed E-state index contributed by atoms with van der Waals surface area (Å²) in [6, 6.07) is 8.18. The predicted octanol–water partition coefficient (Wildman–Crippen LogP) is 2.96. The maximum absolute atomic E-state index is 6.12. The number of benzene rings is 1. The van der Waals surface area contributed by atoms with E-state index in [2.05, 4.69) is 29.7 Å². The lowest BCUT2D eigenvalue weighted by atomic mass is 9.96. The molecule has 0 unspecified atom stereocenters. The number of hydrogen-bond donors (Lipinski definition) is 2. The van der Waals surface area contributed by atoms with Crippen LogP contribution in [0.25, 0.3) is 0 Å². The summed E-state index contributed by atoms with van der Waals surface area (Å²) in [5, 5.41) is 7.45. The predicted molar refractivity (Wildman–Crippen MR) is 92.8 cm³/mol. The molecule has 1 aromatic carbocycles. The minimum Gasteiger partial charge on any atom is -0.385 e. The first kappa shape index (κ1) is 17.1. The van der Waals surface area contributed by atoms with Gasteiger partial charge in [-0.3, -0.25) is 4.99 Å². The number of aliphatic imine (C=N–C) groups is 1. The molecule has 5 heteroatoms. The Hall–Kier alpha value is -1.26. The Kier molecular flexibility index (Phi) is 6.52. The molecule has 4 nitrogen and oxygen atoms in total. The van der Waals surface area contributed by atoms with Crippen molar-refractivity contribution in [2.24, 2.45) is 4.99 Å². The van der Waals surface area contributed by atoms with E-state index in [1.54, 1.807) is 7.11 Å². The SMILES string of the molecule is CCNC(=NCC1(c2cccc(Cl)c2)CC1)NCCCOC. The van der Waals surface area contributed by atoms with Gasteiger partial charge in [0.25, 0.3) is 0 Å². The van der Waals surface area contributed by atoms with Crippen LogP contribution >= 0.6 is 11.6 Å². The average Bonchev–Trinajstić information content (AvgIpc) is 3.30. The number of ether oxygens (including phenoxy) is 1. The number of methoxy groups -OCH3 is 1. The first-order chi connectivity index (χ1) is 10.7. The summed E-state index contributed by atoms with van der Waals surface area (Å²) in [7, 11) is 1.72. The third-order valence-electron chi connectivity index (χ3n) is 3.99. The Labute approximate surface area is 138 Å². The Morgan fingerprint density at radius 3 is 2.82 bits per heavy atom. The van der Waals surface area contributed by atoms with Crippen molar-refractivity contribution in [2.75, 3.05) is 33.4 Å². The summed E-state index contributed by atoms with van der Waals surface area (Å²) in [5.74, 6) is 0.881. The number of rotatable bonds is 8. The second-order valence-electron chi connectivity index (χ2n) is 5.76. The second kappa shape index (κ2) is 8.39. The summed E-state index contributed by atoms with van der Waals surface area (Å²) < 4.78 is 5.06. The number of halogens is 1. The van der Waals surface area contributed by atoms with Crippen molar-refractivity contribution in [3.8, 4) is 0 Å². The summed E-state index contributed by atoms with van der Waals surface area (Å²) in [6.45, 7) is 5.37. The fourth-order valence-electron chi connectivity index (χ4n) is 2.50. The maximum atomic E-state index is 6.12. The van der Waals surface area contributed by atoms with Crippen LogP contribution < -0.4 is 10.6 Å². The van der Waals surface area contributed by atoms with Crippen LogP contribution in [0.3, 0.4) is 0 Å². The maximum Gasteiger partial charge on any atom is 0.191 e. The molecule has 1 aromatic rings. The molecule has 22 heavy (non-hydrogen) atoms. The molecule has 0 spiro atoms. The summed E-state index contributed by atoms with van der Waals surface area (Å²) in [6.07, 6.45) is 3.33. The molecule has 0 radical (unpaired) electrons. The van der Waals surface area contributed by atoms with E-state index in [1.165, 1.54) is 18.4 Å². The van der Waals surface area contributed by atoms with Gasteiger partial charge in [0, 0.05) is 37.2 Å². The molecule has 0 amide bonds. The topological polar surface area (TPSA) is 45.7 Å². The minimum absolute atomic E-state index is 0.180. The highest BCUT2D eigenvalue weighted by Crippen LogP contribution is 2.48. The van der Waals surface area contributed by atoms with Gasteiger partial charge in [-0.15, -0.1) is 0 Å². The number of guanidine groups is 1. The molecule has 0 atom stereocenters. The standard InChI is InChI=1S/C17H26ClN3O/c1-3-19-16(20-10-5-11-22-2)21-13-17(8-9-17)14-6-4-7-15(18)12-14/h4,6-7,12H,3,5,8-11,13H2,1-2H3,(H2,19,20,21). The minimum atomic E-state index is 0.180. The van der Waals surface area contributed by atoms with Crippen LogP contribution in [0.2, 0.25) is 5.02 Å². The van der Waals surface area contributed by atoms with Crippen molar-refractivity contribution in [1.29, 1.82) is 0 Å². The van der Waals surface area contributed by atoms with E-state index >= 15 is 0 Å². The van der Waals surface area contributed by atoms with E-state index in [0.29, 0.717) is 0 Å². The van der Waals surface area contributed by atoms with Crippen LogP contribution in [-0.4, -0.2) is 39.3 Å². The largest absolute Gasteiger partial charge is 0.385 e. The number of hydrogen-bond acceptors (Lipinski definition) is 2. The van der Waals surface area contributed by atoms with E-state index in [4.69, 9.17) is 21.3 Å². The molecular weight excluding hydrogens is 298 g/mol. The first-order valence-corrected chi connectivity index (χ1v) is 8.35. The van der Waals surface area contributed by atoms with Gasteiger partial charge in [0.15, 0.2) is 5.96 Å². The third kappa shape index (κ3) is 4.89. The summed E-state index contributed by atoms with van der Waals surface area (Å²) in [5.41, 5.74) is 1.48. The number of nitrogens with zero attached hydrogens (tertiary/aromatic N) is 1. The van der Waals surface area contributed by atoms with Crippen LogP contribution in [0.4, 0.5) is 0 Å². The van der Waals surface area contributed by atoms with Gasteiger partial charge < -0.3 is 15.4 Å². The van der Waals surface area contributed by atoms with Crippen molar-refractivity contribution < 1.29 is 4.74 Å². The van der Waals surface area contributed by atoms with E-state index in [1.807, 2.05) is 12.1 Å². The lowest BCUT2D eigenvalue weighted by Gasteiger charge is -2.16. The smallest absolute Gasteiger partial charge is 0.191 e. The van der Waals surface area contributed by atoms with Crippen LogP contribution in [0.5, 0.6) is 0 Å². The normalized spacial score (nSPS) is 16.4. The van der Waals surface area contributed by atoms with E-state index < -0.39 is 0 Å². The molecule has 0 aromatic heterocycles. The quantitative estimate of drug-likeness (QED) is 0.439. The highest BCUT2D eigenvalue weighted by Gasteiger charge is 2.44. The Balaban J connectivity index is 1.94. The Bertz CT molecular complexity index is 500. The van der Waals surface area contributed by atoms with Gasteiger partial charge in [-0.1, -0.05) is 23.7 Å². The first-order valence-electron chi connectivity index (χ1n) is 7.97. The van der Waals surface area contributed by atoms with Crippen molar-refractivity contribution in [3.05, 3.63) is 34.9 Å². The monoisotopic (exact) mass is 323 g/mol. The van der Waals surface area contributed by atoms with Gasteiger partial charge in [-0.2, -0.15) is 0 Å². The molecule has 0 heterocycles. The van der Waals surface area contributed by atoms with Gasteiger partial charge >= 0.3 is 0 Å². The average molecular weight is 324 g/mol. The molecule has 1 aliphatic rings. The molecule has 0 bridgehead atoms. The van der Waals surface area contributed by atoms with Crippen molar-refractivity contribution in [3.63, 3.8) is 0 Å². The second-order valence-corrected chi connectivity index (χ2v) is 6.20. The third-order valence-corrected chi connectivity index (χ3v) is 4.23. The van der Waals surface area contributed by atoms with E-state index in [9.17, 15) is 0 Å². The van der Waals surface area contributed by atoms with Crippen LogP contribution in [-0.2, 0) is 10.2 Å². The van der Waals surface area contributed by atoms with Crippen LogP contribution in [0.15, 0.2) is 29.3 Å². The number of nitrogens with one attached hydrogen (secondary N) is 2. The van der Waals surface area contributed by atoms with E-state index in [0.717, 1.165) is 43.6 Å². The lowest BCUT2D eigenvalue weighted by molar-refractivity contribution is 0.195. The molecular formula is C17H26ClN3O. The molecule has 1 fully saturated rings. The summed E-state index contributed by atoms with van der Waals surface area (Å²) in [4.78, 5) is 4.76. The van der Waals surface area contributed by atoms with Crippen molar-refractivity contribution in [2.45, 2.75) is 31.6 Å². The van der Waals surface area contributed by atoms with Gasteiger partial charge in [0.1, 0.15) is 0 Å². The summed E-state index contributed by atoms with van der Waals surface area (Å²) >= 11 is 6.12. The Morgan fingerprint density at radius 2 is 2.18 bits per heavy atom. The molecule has 122 valence electrons. The molecule has 0 aliphatic heterocycles. The van der Waals surface area contributed by atoms with Crippen molar-refractivity contribution >= 4 is 17.6 Å². The molecule has 1 aliphatic carbocycles. The van der Waals surface area contributed by atoms with Crippen LogP contribution in [0.1, 0.15) is 31.7 Å². The lowest BCUT2D eigenvalue weighted by Crippen LogP contribution is -2.38. The zero-order valence-electron chi connectivity index (χ0n) is 13.5. The highest BCUT2D eigenvalue weighted by molar-refractivity contribution is 6.30. The van der Waals surface area contributed by atoms with Gasteiger partial charge in [-0.05, 0) is 43.9 Å². The highest BCUT2D eigenvalue weighted by atomic mass is 35.5.